The monoisotopic (exact) mass is 250 g/mol. The van der Waals surface area contributed by atoms with Crippen molar-refractivity contribution >= 4 is 0 Å². The molecule has 1 aliphatic carbocycles. The fourth-order valence-corrected chi connectivity index (χ4v) is 2.46. The Labute approximate surface area is 109 Å². The van der Waals surface area contributed by atoms with Crippen molar-refractivity contribution in [3.63, 3.8) is 0 Å². The standard InChI is InChI=1S/C15H23FN2/c1-2-18(10-12-4-3-5-12)11-14-8-13(9-17)6-7-15(14)16/h6-8,12H,2-5,9-11,17H2,1H3. The van der Waals surface area contributed by atoms with Crippen molar-refractivity contribution in [2.24, 2.45) is 11.7 Å². The molecule has 100 valence electrons. The molecule has 0 heterocycles. The van der Waals surface area contributed by atoms with E-state index < -0.39 is 0 Å². The molecule has 0 aromatic heterocycles. The van der Waals surface area contributed by atoms with Crippen LogP contribution in [0.2, 0.25) is 0 Å². The molecule has 1 aromatic rings. The second-order valence-corrected chi connectivity index (χ2v) is 5.25. The molecule has 2 rings (SSSR count). The van der Waals surface area contributed by atoms with Gasteiger partial charge in [0.25, 0.3) is 0 Å². The number of hydrogen-bond acceptors (Lipinski definition) is 2. The predicted molar refractivity (Wildman–Crippen MR) is 72.6 cm³/mol. The van der Waals surface area contributed by atoms with Crippen molar-refractivity contribution in [2.75, 3.05) is 13.1 Å². The van der Waals surface area contributed by atoms with Gasteiger partial charge in [-0.15, -0.1) is 0 Å². The number of rotatable bonds is 6. The van der Waals surface area contributed by atoms with Gasteiger partial charge in [-0.1, -0.05) is 25.5 Å². The molecule has 0 amide bonds. The van der Waals surface area contributed by atoms with Crippen molar-refractivity contribution in [2.45, 2.75) is 39.3 Å². The van der Waals surface area contributed by atoms with Crippen molar-refractivity contribution in [3.05, 3.63) is 35.1 Å². The molecule has 18 heavy (non-hydrogen) atoms. The van der Waals surface area contributed by atoms with E-state index in [1.807, 2.05) is 6.07 Å². The van der Waals surface area contributed by atoms with Crippen LogP contribution in [0.3, 0.4) is 0 Å². The maximum absolute atomic E-state index is 13.8. The van der Waals surface area contributed by atoms with E-state index in [0.29, 0.717) is 13.1 Å². The maximum Gasteiger partial charge on any atom is 0.127 e. The number of nitrogens with two attached hydrogens (primary N) is 1. The first-order chi connectivity index (χ1) is 8.72. The molecule has 3 heteroatoms. The van der Waals surface area contributed by atoms with E-state index in [4.69, 9.17) is 5.73 Å². The van der Waals surface area contributed by atoms with Gasteiger partial charge >= 0.3 is 0 Å². The smallest absolute Gasteiger partial charge is 0.127 e. The lowest BCUT2D eigenvalue weighted by molar-refractivity contribution is 0.176. The second-order valence-electron chi connectivity index (χ2n) is 5.25. The Morgan fingerprint density at radius 1 is 1.39 bits per heavy atom. The van der Waals surface area contributed by atoms with Gasteiger partial charge in [0.1, 0.15) is 5.82 Å². The van der Waals surface area contributed by atoms with Crippen LogP contribution in [0.1, 0.15) is 37.3 Å². The molecule has 2 nitrogen and oxygen atoms in total. The van der Waals surface area contributed by atoms with Crippen LogP contribution >= 0.6 is 0 Å². The second kappa shape index (κ2) is 6.30. The van der Waals surface area contributed by atoms with Gasteiger partial charge in [0.2, 0.25) is 0 Å². The third kappa shape index (κ3) is 3.30. The fourth-order valence-electron chi connectivity index (χ4n) is 2.46. The van der Waals surface area contributed by atoms with Crippen molar-refractivity contribution in [3.8, 4) is 0 Å². The molecular formula is C15H23FN2. The topological polar surface area (TPSA) is 29.3 Å². The lowest BCUT2D eigenvalue weighted by atomic mass is 9.85. The maximum atomic E-state index is 13.8. The third-order valence-electron chi connectivity index (χ3n) is 3.93. The summed E-state index contributed by atoms with van der Waals surface area (Å²) in [5.74, 6) is 0.713. The van der Waals surface area contributed by atoms with E-state index in [1.54, 1.807) is 6.07 Å². The first-order valence-corrected chi connectivity index (χ1v) is 6.92. The molecule has 0 bridgehead atoms. The van der Waals surface area contributed by atoms with Crippen molar-refractivity contribution in [1.82, 2.24) is 4.90 Å². The van der Waals surface area contributed by atoms with Crippen molar-refractivity contribution < 1.29 is 4.39 Å². The van der Waals surface area contributed by atoms with Gasteiger partial charge in [-0.3, -0.25) is 4.90 Å². The van der Waals surface area contributed by atoms with Crippen molar-refractivity contribution in [1.29, 1.82) is 0 Å². The van der Waals surface area contributed by atoms with E-state index in [0.717, 1.165) is 30.1 Å². The summed E-state index contributed by atoms with van der Waals surface area (Å²) in [6.07, 6.45) is 4.03. The average Bonchev–Trinajstić information content (AvgIpc) is 2.34. The van der Waals surface area contributed by atoms with E-state index >= 15 is 0 Å². The highest BCUT2D eigenvalue weighted by Crippen LogP contribution is 2.27. The average molecular weight is 250 g/mol. The number of benzene rings is 1. The van der Waals surface area contributed by atoms with Crippen LogP contribution in [0.15, 0.2) is 18.2 Å². The molecule has 0 atom stereocenters. The SMILES string of the molecule is CCN(Cc1cc(CN)ccc1F)CC1CCC1. The first-order valence-electron chi connectivity index (χ1n) is 6.92. The lowest BCUT2D eigenvalue weighted by Crippen LogP contribution is -2.32. The van der Waals surface area contributed by atoms with E-state index in [-0.39, 0.29) is 5.82 Å². The summed E-state index contributed by atoms with van der Waals surface area (Å²) < 4.78 is 13.8. The minimum absolute atomic E-state index is 0.112. The summed E-state index contributed by atoms with van der Waals surface area (Å²) >= 11 is 0. The summed E-state index contributed by atoms with van der Waals surface area (Å²) in [7, 11) is 0. The molecule has 1 aromatic carbocycles. The third-order valence-corrected chi connectivity index (χ3v) is 3.93. The van der Waals surface area contributed by atoms with Gasteiger partial charge in [-0.2, -0.15) is 0 Å². The first kappa shape index (κ1) is 13.5. The van der Waals surface area contributed by atoms with Gasteiger partial charge in [-0.05, 0) is 36.9 Å². The Morgan fingerprint density at radius 2 is 2.17 bits per heavy atom. The van der Waals surface area contributed by atoms with Crippen LogP contribution in [0.4, 0.5) is 4.39 Å². The predicted octanol–water partition coefficient (Wildman–Crippen LogP) is 2.91. The zero-order chi connectivity index (χ0) is 13.0. The highest BCUT2D eigenvalue weighted by Gasteiger charge is 2.20. The highest BCUT2D eigenvalue weighted by atomic mass is 19.1. The summed E-state index contributed by atoms with van der Waals surface area (Å²) in [5.41, 5.74) is 7.39. The molecule has 0 unspecified atom stereocenters. The Morgan fingerprint density at radius 3 is 2.72 bits per heavy atom. The van der Waals surface area contributed by atoms with Crippen LogP contribution in [-0.2, 0) is 13.1 Å². The molecule has 0 saturated heterocycles. The van der Waals surface area contributed by atoms with E-state index in [2.05, 4.69) is 11.8 Å². The Balaban J connectivity index is 2.00. The summed E-state index contributed by atoms with van der Waals surface area (Å²) in [5, 5.41) is 0. The largest absolute Gasteiger partial charge is 0.326 e. The van der Waals surface area contributed by atoms with Gasteiger partial charge in [0, 0.05) is 25.2 Å². The Hall–Kier alpha value is -0.930. The molecule has 1 fully saturated rings. The van der Waals surface area contributed by atoms with Gasteiger partial charge < -0.3 is 5.73 Å². The normalized spacial score (nSPS) is 16.0. The molecule has 2 N–H and O–H groups in total. The minimum atomic E-state index is -0.112. The zero-order valence-corrected chi connectivity index (χ0v) is 11.2. The number of halogens is 1. The fraction of sp³-hybridized carbons (Fsp3) is 0.600. The van der Waals surface area contributed by atoms with E-state index in [9.17, 15) is 4.39 Å². The molecule has 0 spiro atoms. The van der Waals surface area contributed by atoms with Crippen LogP contribution in [0.5, 0.6) is 0 Å². The summed E-state index contributed by atoms with van der Waals surface area (Å²) in [6, 6.07) is 5.20. The zero-order valence-electron chi connectivity index (χ0n) is 11.2. The van der Waals surface area contributed by atoms with Crippen LogP contribution in [-0.4, -0.2) is 18.0 Å². The summed E-state index contributed by atoms with van der Waals surface area (Å²) in [6.45, 7) is 5.39. The van der Waals surface area contributed by atoms with Crippen LogP contribution in [0, 0.1) is 11.7 Å². The van der Waals surface area contributed by atoms with Crippen LogP contribution in [0.25, 0.3) is 0 Å². The molecule has 1 saturated carbocycles. The molecule has 0 aliphatic heterocycles. The van der Waals surface area contributed by atoms with Gasteiger partial charge in [0.05, 0.1) is 0 Å². The quantitative estimate of drug-likeness (QED) is 0.841. The number of hydrogen-bond donors (Lipinski definition) is 1. The highest BCUT2D eigenvalue weighted by molar-refractivity contribution is 5.25. The minimum Gasteiger partial charge on any atom is -0.326 e. The molecular weight excluding hydrogens is 227 g/mol. The number of nitrogens with zero attached hydrogens (tertiary/aromatic N) is 1. The molecule has 1 aliphatic rings. The van der Waals surface area contributed by atoms with Crippen LogP contribution < -0.4 is 5.73 Å². The van der Waals surface area contributed by atoms with Gasteiger partial charge in [-0.25, -0.2) is 4.39 Å². The summed E-state index contributed by atoms with van der Waals surface area (Å²) in [4.78, 5) is 2.34. The molecule has 0 radical (unpaired) electrons. The van der Waals surface area contributed by atoms with Gasteiger partial charge in [0.15, 0.2) is 0 Å². The lowest BCUT2D eigenvalue weighted by Gasteiger charge is -2.31. The Kier molecular flexibility index (Phi) is 4.72. The van der Waals surface area contributed by atoms with E-state index in [1.165, 1.54) is 25.3 Å². The Bertz CT molecular complexity index is 388.